The number of phenolic OH excluding ortho intramolecular Hbond substituents is 1. The van der Waals surface area contributed by atoms with E-state index in [9.17, 15) is 5.11 Å². The van der Waals surface area contributed by atoms with Crippen molar-refractivity contribution in [2.75, 3.05) is 0 Å². The highest BCUT2D eigenvalue weighted by Gasteiger charge is 2.18. The quantitative estimate of drug-likeness (QED) is 0.804. The molecule has 0 atom stereocenters. The van der Waals surface area contributed by atoms with Gasteiger partial charge in [-0.25, -0.2) is 0 Å². The summed E-state index contributed by atoms with van der Waals surface area (Å²) in [6.45, 7) is 6.33. The predicted molar refractivity (Wildman–Crippen MR) is 61.5 cm³/mol. The van der Waals surface area contributed by atoms with Crippen LogP contribution in [0.1, 0.15) is 26.3 Å². The van der Waals surface area contributed by atoms with Gasteiger partial charge in [0.05, 0.1) is 0 Å². The summed E-state index contributed by atoms with van der Waals surface area (Å²) in [5.74, 6) is 0.966. The molecular weight excluding hydrogens is 279 g/mol. The molecule has 0 unspecified atom stereocenters. The van der Waals surface area contributed by atoms with Gasteiger partial charge in [-0.05, 0) is 11.5 Å². The number of phenols is 1. The van der Waals surface area contributed by atoms with Gasteiger partial charge in [0.2, 0.25) is 0 Å². The van der Waals surface area contributed by atoms with Crippen molar-refractivity contribution in [3.05, 3.63) is 23.8 Å². The van der Waals surface area contributed by atoms with Crippen LogP contribution >= 0.6 is 23.0 Å². The van der Waals surface area contributed by atoms with Crippen molar-refractivity contribution in [3.8, 4) is 11.5 Å². The van der Waals surface area contributed by atoms with Gasteiger partial charge in [0, 0.05) is 11.6 Å². The fraction of sp³-hybridized carbons (Fsp3) is 0.400. The number of benzene rings is 1. The molecule has 0 amide bonds. The van der Waals surface area contributed by atoms with Gasteiger partial charge in [0.15, 0.2) is 23.0 Å². The fourth-order valence-corrected chi connectivity index (χ4v) is 1.56. The van der Waals surface area contributed by atoms with E-state index in [0.29, 0.717) is 0 Å². The Labute approximate surface area is 92.6 Å². The van der Waals surface area contributed by atoms with E-state index in [1.54, 1.807) is 12.1 Å². The van der Waals surface area contributed by atoms with E-state index in [0.717, 1.165) is 11.3 Å². The van der Waals surface area contributed by atoms with Gasteiger partial charge in [-0.1, -0.05) is 26.8 Å². The van der Waals surface area contributed by atoms with Crippen molar-refractivity contribution in [1.29, 1.82) is 0 Å². The Bertz CT molecular complexity index is 302. The first-order valence-corrected chi connectivity index (χ1v) is 4.95. The van der Waals surface area contributed by atoms with Crippen molar-refractivity contribution < 1.29 is 8.17 Å². The number of rotatable bonds is 1. The molecular formula is C10H13IO2. The van der Waals surface area contributed by atoms with E-state index < -0.39 is 0 Å². The maximum atomic E-state index is 9.25. The van der Waals surface area contributed by atoms with Crippen molar-refractivity contribution in [1.82, 2.24) is 0 Å². The van der Waals surface area contributed by atoms with Crippen LogP contribution in [-0.4, -0.2) is 5.11 Å². The molecule has 1 N–H and O–H groups in total. The van der Waals surface area contributed by atoms with Crippen molar-refractivity contribution in [2.24, 2.45) is 0 Å². The zero-order chi connectivity index (χ0) is 10.1. The van der Waals surface area contributed by atoms with Crippen molar-refractivity contribution >= 4 is 23.0 Å². The van der Waals surface area contributed by atoms with Gasteiger partial charge in [0.25, 0.3) is 0 Å². The molecule has 0 aliphatic carbocycles. The van der Waals surface area contributed by atoms with E-state index in [-0.39, 0.29) is 11.2 Å². The largest absolute Gasteiger partial charge is 0.508 e. The lowest BCUT2D eigenvalue weighted by atomic mass is 9.86. The average molecular weight is 292 g/mol. The van der Waals surface area contributed by atoms with E-state index in [1.807, 2.05) is 29.1 Å². The minimum absolute atomic E-state index is 0.0359. The molecule has 0 heterocycles. The maximum Gasteiger partial charge on any atom is 0.192 e. The summed E-state index contributed by atoms with van der Waals surface area (Å²) < 4.78 is 5.16. The standard InChI is InChI=1S/C10H13IO2/c1-10(2,3)8-5-4-7(12)6-9(8)13-11/h4-6,12H,1-3H3. The van der Waals surface area contributed by atoms with Crippen LogP contribution < -0.4 is 3.07 Å². The summed E-state index contributed by atoms with van der Waals surface area (Å²) in [5.41, 5.74) is 1.13. The molecule has 1 aromatic rings. The third kappa shape index (κ3) is 2.49. The monoisotopic (exact) mass is 292 g/mol. The molecule has 0 aliphatic rings. The second kappa shape index (κ2) is 3.74. The number of hydrogen-bond acceptors (Lipinski definition) is 2. The van der Waals surface area contributed by atoms with E-state index in [1.165, 1.54) is 0 Å². The lowest BCUT2D eigenvalue weighted by Crippen LogP contribution is -2.11. The minimum atomic E-state index is 0.0359. The number of hydrogen-bond donors (Lipinski definition) is 1. The third-order valence-electron chi connectivity index (χ3n) is 1.86. The first kappa shape index (κ1) is 10.6. The topological polar surface area (TPSA) is 29.5 Å². The number of aromatic hydroxyl groups is 1. The minimum Gasteiger partial charge on any atom is -0.508 e. The van der Waals surface area contributed by atoms with Gasteiger partial charge < -0.3 is 8.17 Å². The molecule has 0 fully saturated rings. The second-order valence-electron chi connectivity index (χ2n) is 4.01. The first-order chi connectivity index (χ1) is 5.95. The Kier molecular flexibility index (Phi) is 3.05. The summed E-state index contributed by atoms with van der Waals surface area (Å²) in [7, 11) is 0. The van der Waals surface area contributed by atoms with E-state index >= 15 is 0 Å². The maximum absolute atomic E-state index is 9.25. The van der Waals surface area contributed by atoms with E-state index in [4.69, 9.17) is 3.07 Å². The molecule has 1 aromatic carbocycles. The van der Waals surface area contributed by atoms with Crippen LogP contribution in [0, 0.1) is 0 Å². The molecule has 3 heteroatoms. The van der Waals surface area contributed by atoms with Gasteiger partial charge in [0.1, 0.15) is 11.5 Å². The van der Waals surface area contributed by atoms with E-state index in [2.05, 4.69) is 20.8 Å². The molecule has 0 radical (unpaired) electrons. The van der Waals surface area contributed by atoms with Gasteiger partial charge in [-0.15, -0.1) is 0 Å². The van der Waals surface area contributed by atoms with Crippen LogP contribution in [0.5, 0.6) is 11.5 Å². The summed E-state index contributed by atoms with van der Waals surface area (Å²) in [4.78, 5) is 0. The average Bonchev–Trinajstić information content (AvgIpc) is 2.01. The Balaban J connectivity index is 3.22. The zero-order valence-corrected chi connectivity index (χ0v) is 10.1. The zero-order valence-electron chi connectivity index (χ0n) is 7.97. The normalized spacial score (nSPS) is 11.4. The van der Waals surface area contributed by atoms with Crippen LogP contribution in [0.2, 0.25) is 0 Å². The van der Waals surface area contributed by atoms with Crippen LogP contribution in [-0.2, 0) is 5.41 Å². The van der Waals surface area contributed by atoms with Gasteiger partial charge in [-0.3, -0.25) is 0 Å². The molecule has 72 valence electrons. The summed E-state index contributed by atoms with van der Waals surface area (Å²) >= 11 is 1.82. The Hall–Kier alpha value is -0.450. The highest BCUT2D eigenvalue weighted by Crippen LogP contribution is 2.34. The van der Waals surface area contributed by atoms with Gasteiger partial charge >= 0.3 is 0 Å². The Morgan fingerprint density at radius 1 is 1.31 bits per heavy atom. The van der Waals surface area contributed by atoms with Crippen LogP contribution in [0.25, 0.3) is 0 Å². The smallest absolute Gasteiger partial charge is 0.192 e. The highest BCUT2D eigenvalue weighted by molar-refractivity contribution is 14.1. The molecule has 0 aliphatic heterocycles. The highest BCUT2D eigenvalue weighted by atomic mass is 127. The molecule has 0 saturated carbocycles. The molecule has 0 spiro atoms. The Morgan fingerprint density at radius 2 is 1.92 bits per heavy atom. The summed E-state index contributed by atoms with van der Waals surface area (Å²) in [5, 5.41) is 9.25. The SMILES string of the molecule is CC(C)(C)c1ccc(O)cc1OI. The summed E-state index contributed by atoms with van der Waals surface area (Å²) in [6, 6.07) is 5.20. The molecule has 1 rings (SSSR count). The molecule has 0 saturated heterocycles. The Morgan fingerprint density at radius 3 is 2.38 bits per heavy atom. The fourth-order valence-electron chi connectivity index (χ4n) is 1.19. The lowest BCUT2D eigenvalue weighted by molar-refractivity contribution is 0.470. The molecule has 0 aromatic heterocycles. The predicted octanol–water partition coefficient (Wildman–Crippen LogP) is 3.42. The molecule has 13 heavy (non-hydrogen) atoms. The third-order valence-corrected chi connectivity index (χ3v) is 2.33. The first-order valence-electron chi connectivity index (χ1n) is 4.07. The van der Waals surface area contributed by atoms with Crippen molar-refractivity contribution in [2.45, 2.75) is 26.2 Å². The summed E-state index contributed by atoms with van der Waals surface area (Å²) in [6.07, 6.45) is 0. The van der Waals surface area contributed by atoms with Crippen LogP contribution in [0.15, 0.2) is 18.2 Å². The number of halogens is 1. The van der Waals surface area contributed by atoms with Crippen LogP contribution in [0.3, 0.4) is 0 Å². The van der Waals surface area contributed by atoms with Crippen LogP contribution in [0.4, 0.5) is 0 Å². The molecule has 2 nitrogen and oxygen atoms in total. The second-order valence-corrected chi connectivity index (χ2v) is 4.45. The van der Waals surface area contributed by atoms with Gasteiger partial charge in [-0.2, -0.15) is 0 Å². The molecule has 0 bridgehead atoms. The van der Waals surface area contributed by atoms with Crippen molar-refractivity contribution in [3.63, 3.8) is 0 Å². The lowest BCUT2D eigenvalue weighted by Gasteiger charge is -2.21.